The Hall–Kier alpha value is -1.62. The van der Waals surface area contributed by atoms with Crippen LogP contribution in [0, 0.1) is 0 Å². The summed E-state index contributed by atoms with van der Waals surface area (Å²) in [5, 5.41) is 3.24. The first-order valence-corrected chi connectivity index (χ1v) is 7.20. The first-order chi connectivity index (χ1) is 9.61. The minimum Gasteiger partial charge on any atom is -0.489 e. The summed E-state index contributed by atoms with van der Waals surface area (Å²) < 4.78 is 5.68. The minimum absolute atomic E-state index is 0.0252. The van der Waals surface area contributed by atoms with Crippen LogP contribution in [0.2, 0.25) is 0 Å². The highest BCUT2D eigenvalue weighted by Crippen LogP contribution is 2.21. The van der Waals surface area contributed by atoms with Gasteiger partial charge in [-0.25, -0.2) is 4.98 Å². The third-order valence-corrected chi connectivity index (χ3v) is 3.45. The van der Waals surface area contributed by atoms with E-state index in [-0.39, 0.29) is 12.0 Å². The normalized spacial score (nSPS) is 19.2. The first-order valence-electron chi connectivity index (χ1n) is 7.20. The summed E-state index contributed by atoms with van der Waals surface area (Å²) in [6.07, 6.45) is 3.79. The lowest BCUT2D eigenvalue weighted by molar-refractivity contribution is 0.0685. The number of nitrogens with zero attached hydrogens (tertiary/aromatic N) is 2. The number of rotatable bonds is 4. The standard InChI is InChI=1S/C15H23N3O2/c1-11(2)20-13-7-4-8-17-14(13)15(19)18-9-5-6-12(10-18)16-3/h4,7-8,11-12,16H,5-6,9-10H2,1-3H3. The lowest BCUT2D eigenvalue weighted by Crippen LogP contribution is -2.47. The molecule has 1 amide bonds. The Morgan fingerprint density at radius 3 is 3.05 bits per heavy atom. The number of likely N-dealkylation sites (N-methyl/N-ethyl adjacent to an activating group) is 1. The Labute approximate surface area is 120 Å². The molecule has 0 spiro atoms. The van der Waals surface area contributed by atoms with Crippen LogP contribution >= 0.6 is 0 Å². The van der Waals surface area contributed by atoms with Gasteiger partial charge < -0.3 is 15.0 Å². The smallest absolute Gasteiger partial charge is 0.276 e. The zero-order valence-electron chi connectivity index (χ0n) is 12.4. The molecule has 1 unspecified atom stereocenters. The quantitative estimate of drug-likeness (QED) is 0.910. The summed E-state index contributed by atoms with van der Waals surface area (Å²) in [4.78, 5) is 18.7. The molecule has 2 rings (SSSR count). The average molecular weight is 277 g/mol. The molecule has 0 saturated carbocycles. The molecule has 1 aliphatic heterocycles. The number of ether oxygens (including phenoxy) is 1. The molecule has 5 nitrogen and oxygen atoms in total. The van der Waals surface area contributed by atoms with E-state index in [1.807, 2.05) is 25.8 Å². The third-order valence-electron chi connectivity index (χ3n) is 3.45. The van der Waals surface area contributed by atoms with Gasteiger partial charge >= 0.3 is 0 Å². The molecule has 5 heteroatoms. The predicted octanol–water partition coefficient (Wildman–Crippen LogP) is 1.69. The van der Waals surface area contributed by atoms with Crippen LogP contribution in [0.1, 0.15) is 37.2 Å². The van der Waals surface area contributed by atoms with E-state index in [2.05, 4.69) is 10.3 Å². The zero-order valence-corrected chi connectivity index (χ0v) is 12.4. The Balaban J connectivity index is 2.16. The number of amides is 1. The Bertz CT molecular complexity index is 462. The topological polar surface area (TPSA) is 54.5 Å². The molecule has 20 heavy (non-hydrogen) atoms. The maximum atomic E-state index is 12.6. The molecule has 1 aromatic heterocycles. The summed E-state index contributed by atoms with van der Waals surface area (Å²) in [5.74, 6) is 0.528. The van der Waals surface area contributed by atoms with E-state index in [4.69, 9.17) is 4.74 Å². The average Bonchev–Trinajstić information content (AvgIpc) is 2.46. The summed E-state index contributed by atoms with van der Waals surface area (Å²) in [5.41, 5.74) is 0.415. The minimum atomic E-state index is -0.0406. The molecular weight excluding hydrogens is 254 g/mol. The second-order valence-corrected chi connectivity index (χ2v) is 5.40. The number of piperidine rings is 1. The van der Waals surface area contributed by atoms with Gasteiger partial charge in [-0.15, -0.1) is 0 Å². The van der Waals surface area contributed by atoms with E-state index in [1.54, 1.807) is 18.3 Å². The fourth-order valence-electron chi connectivity index (χ4n) is 2.45. The Kier molecular flexibility index (Phi) is 4.95. The summed E-state index contributed by atoms with van der Waals surface area (Å²) in [6.45, 7) is 5.40. The van der Waals surface area contributed by atoms with Crippen molar-refractivity contribution >= 4 is 5.91 Å². The summed E-state index contributed by atoms with van der Waals surface area (Å²) in [7, 11) is 1.94. The van der Waals surface area contributed by atoms with Crippen molar-refractivity contribution in [3.8, 4) is 5.75 Å². The molecule has 1 aromatic rings. The van der Waals surface area contributed by atoms with Crippen molar-refractivity contribution in [3.05, 3.63) is 24.0 Å². The van der Waals surface area contributed by atoms with Crippen LogP contribution in [-0.2, 0) is 0 Å². The molecule has 1 aliphatic rings. The molecule has 110 valence electrons. The molecule has 0 aliphatic carbocycles. The highest BCUT2D eigenvalue weighted by atomic mass is 16.5. The number of aromatic nitrogens is 1. The molecule has 0 aromatic carbocycles. The number of hydrogen-bond acceptors (Lipinski definition) is 4. The second kappa shape index (κ2) is 6.70. The van der Waals surface area contributed by atoms with Gasteiger partial charge in [-0.3, -0.25) is 4.79 Å². The van der Waals surface area contributed by atoms with E-state index in [0.717, 1.165) is 25.9 Å². The van der Waals surface area contributed by atoms with Crippen LogP contribution in [-0.4, -0.2) is 48.1 Å². The Morgan fingerprint density at radius 2 is 2.35 bits per heavy atom. The van der Waals surface area contributed by atoms with Gasteiger partial charge in [-0.2, -0.15) is 0 Å². The first kappa shape index (κ1) is 14.8. The number of carbonyl (C=O) groups excluding carboxylic acids is 1. The molecule has 0 bridgehead atoms. The van der Waals surface area contributed by atoms with Crippen molar-refractivity contribution in [1.82, 2.24) is 15.2 Å². The molecule has 1 atom stereocenters. The molecule has 1 fully saturated rings. The molecule has 2 heterocycles. The molecule has 1 saturated heterocycles. The highest BCUT2D eigenvalue weighted by Gasteiger charge is 2.26. The van der Waals surface area contributed by atoms with E-state index in [1.165, 1.54) is 0 Å². The SMILES string of the molecule is CNC1CCCN(C(=O)c2ncccc2OC(C)C)C1. The fraction of sp³-hybridized carbons (Fsp3) is 0.600. The van der Waals surface area contributed by atoms with Crippen molar-refractivity contribution in [2.75, 3.05) is 20.1 Å². The lowest BCUT2D eigenvalue weighted by Gasteiger charge is -2.32. The lowest BCUT2D eigenvalue weighted by atomic mass is 10.1. The van der Waals surface area contributed by atoms with Crippen molar-refractivity contribution in [2.45, 2.75) is 38.8 Å². The van der Waals surface area contributed by atoms with E-state index in [0.29, 0.717) is 17.5 Å². The van der Waals surface area contributed by atoms with E-state index >= 15 is 0 Å². The van der Waals surface area contributed by atoms with Gasteiger partial charge in [-0.05, 0) is 45.9 Å². The van der Waals surface area contributed by atoms with Crippen LogP contribution in [0.15, 0.2) is 18.3 Å². The maximum absolute atomic E-state index is 12.6. The maximum Gasteiger partial charge on any atom is 0.276 e. The van der Waals surface area contributed by atoms with E-state index in [9.17, 15) is 4.79 Å². The van der Waals surface area contributed by atoms with Crippen molar-refractivity contribution in [3.63, 3.8) is 0 Å². The highest BCUT2D eigenvalue weighted by molar-refractivity contribution is 5.95. The second-order valence-electron chi connectivity index (χ2n) is 5.40. The van der Waals surface area contributed by atoms with Gasteiger partial charge in [0.05, 0.1) is 6.10 Å². The molecule has 0 radical (unpaired) electrons. The zero-order chi connectivity index (χ0) is 14.5. The number of pyridine rings is 1. The molecular formula is C15H23N3O2. The fourth-order valence-corrected chi connectivity index (χ4v) is 2.45. The van der Waals surface area contributed by atoms with Crippen LogP contribution in [0.5, 0.6) is 5.75 Å². The predicted molar refractivity (Wildman–Crippen MR) is 78.0 cm³/mol. The van der Waals surface area contributed by atoms with Crippen LogP contribution < -0.4 is 10.1 Å². The van der Waals surface area contributed by atoms with Gasteiger partial charge in [0.2, 0.25) is 0 Å². The van der Waals surface area contributed by atoms with Crippen molar-refractivity contribution in [2.24, 2.45) is 0 Å². The number of likely N-dealkylation sites (tertiary alicyclic amines) is 1. The van der Waals surface area contributed by atoms with Gasteiger partial charge in [0.1, 0.15) is 0 Å². The number of hydrogen-bond donors (Lipinski definition) is 1. The van der Waals surface area contributed by atoms with Crippen LogP contribution in [0.3, 0.4) is 0 Å². The monoisotopic (exact) mass is 277 g/mol. The van der Waals surface area contributed by atoms with Gasteiger partial charge in [-0.1, -0.05) is 0 Å². The molecule has 1 N–H and O–H groups in total. The van der Waals surface area contributed by atoms with Crippen molar-refractivity contribution < 1.29 is 9.53 Å². The Morgan fingerprint density at radius 1 is 1.55 bits per heavy atom. The van der Waals surface area contributed by atoms with Crippen LogP contribution in [0.4, 0.5) is 0 Å². The van der Waals surface area contributed by atoms with Gasteiger partial charge in [0, 0.05) is 25.3 Å². The van der Waals surface area contributed by atoms with Crippen LogP contribution in [0.25, 0.3) is 0 Å². The van der Waals surface area contributed by atoms with Gasteiger partial charge in [0.15, 0.2) is 11.4 Å². The third kappa shape index (κ3) is 3.48. The van der Waals surface area contributed by atoms with Crippen molar-refractivity contribution in [1.29, 1.82) is 0 Å². The number of nitrogens with one attached hydrogen (secondary N) is 1. The van der Waals surface area contributed by atoms with E-state index < -0.39 is 0 Å². The largest absolute Gasteiger partial charge is 0.489 e. The summed E-state index contributed by atoms with van der Waals surface area (Å²) in [6, 6.07) is 3.96. The van der Waals surface area contributed by atoms with Gasteiger partial charge in [0.25, 0.3) is 5.91 Å². The summed E-state index contributed by atoms with van der Waals surface area (Å²) >= 11 is 0. The number of carbonyl (C=O) groups is 1.